The van der Waals surface area contributed by atoms with Crippen LogP contribution >= 0.6 is 0 Å². The van der Waals surface area contributed by atoms with Crippen molar-refractivity contribution >= 4 is 11.6 Å². The van der Waals surface area contributed by atoms with Gasteiger partial charge in [-0.3, -0.25) is 4.79 Å². The Morgan fingerprint density at radius 3 is 2.48 bits per heavy atom. The molecule has 31 heavy (non-hydrogen) atoms. The number of carbonyl (C=O) groups is 1. The predicted molar refractivity (Wildman–Crippen MR) is 104 cm³/mol. The number of hydrogen-bond donors (Lipinski definition) is 1. The van der Waals surface area contributed by atoms with Crippen molar-refractivity contribution < 1.29 is 22.7 Å². The van der Waals surface area contributed by atoms with Gasteiger partial charge in [-0.1, -0.05) is 6.07 Å². The van der Waals surface area contributed by atoms with E-state index in [1.54, 1.807) is 35.3 Å². The fourth-order valence-electron chi connectivity index (χ4n) is 2.85. The zero-order valence-corrected chi connectivity index (χ0v) is 16.0. The SMILES string of the molecule is COc1cn(-c2cccc(C(F)(F)F)c2)nc1C(=O)Nc1ccc(-n2cncn2)cc1. The highest BCUT2D eigenvalue weighted by Gasteiger charge is 2.30. The van der Waals surface area contributed by atoms with E-state index in [9.17, 15) is 18.0 Å². The first-order valence-electron chi connectivity index (χ1n) is 8.93. The Labute approximate surface area is 173 Å². The summed E-state index contributed by atoms with van der Waals surface area (Å²) in [4.78, 5) is 16.6. The van der Waals surface area contributed by atoms with Crippen LogP contribution in [0.2, 0.25) is 0 Å². The third kappa shape index (κ3) is 4.25. The maximum Gasteiger partial charge on any atom is 0.416 e. The minimum atomic E-state index is -4.49. The van der Waals surface area contributed by atoms with Gasteiger partial charge in [-0.05, 0) is 42.5 Å². The lowest BCUT2D eigenvalue weighted by Gasteiger charge is -2.08. The van der Waals surface area contributed by atoms with E-state index in [4.69, 9.17) is 4.74 Å². The summed E-state index contributed by atoms with van der Waals surface area (Å²) in [6.07, 6.45) is -0.203. The first-order chi connectivity index (χ1) is 14.8. The van der Waals surface area contributed by atoms with E-state index in [1.807, 2.05) is 0 Å². The van der Waals surface area contributed by atoms with Gasteiger partial charge in [0.2, 0.25) is 0 Å². The van der Waals surface area contributed by atoms with Crippen molar-refractivity contribution in [3.05, 3.63) is 78.6 Å². The number of methoxy groups -OCH3 is 1. The van der Waals surface area contributed by atoms with Gasteiger partial charge in [0.25, 0.3) is 5.91 Å². The predicted octanol–water partition coefficient (Wildman–Crippen LogP) is 3.73. The molecule has 0 unspecified atom stereocenters. The summed E-state index contributed by atoms with van der Waals surface area (Å²) in [6.45, 7) is 0. The lowest BCUT2D eigenvalue weighted by atomic mass is 10.2. The van der Waals surface area contributed by atoms with Gasteiger partial charge < -0.3 is 10.1 Å². The Morgan fingerprint density at radius 2 is 1.84 bits per heavy atom. The Morgan fingerprint density at radius 1 is 1.06 bits per heavy atom. The number of rotatable bonds is 5. The summed E-state index contributed by atoms with van der Waals surface area (Å²) >= 11 is 0. The molecule has 1 amide bonds. The normalized spacial score (nSPS) is 11.4. The second-order valence-corrected chi connectivity index (χ2v) is 6.38. The molecular formula is C20H15F3N6O2. The average Bonchev–Trinajstić information content (AvgIpc) is 3.44. The summed E-state index contributed by atoms with van der Waals surface area (Å²) in [6, 6.07) is 11.4. The molecule has 0 bridgehead atoms. The average molecular weight is 428 g/mol. The van der Waals surface area contributed by atoms with Crippen LogP contribution in [0, 0.1) is 0 Å². The molecule has 0 radical (unpaired) electrons. The molecule has 0 fully saturated rings. The van der Waals surface area contributed by atoms with Gasteiger partial charge in [-0.25, -0.2) is 14.3 Å². The number of anilines is 1. The molecule has 0 aliphatic heterocycles. The van der Waals surface area contributed by atoms with Crippen molar-refractivity contribution in [2.75, 3.05) is 12.4 Å². The zero-order chi connectivity index (χ0) is 22.0. The third-order valence-electron chi connectivity index (χ3n) is 4.36. The monoisotopic (exact) mass is 428 g/mol. The quantitative estimate of drug-likeness (QED) is 0.524. The van der Waals surface area contributed by atoms with Gasteiger partial charge in [-0.15, -0.1) is 0 Å². The Hall–Kier alpha value is -4.15. The molecule has 11 heteroatoms. The van der Waals surface area contributed by atoms with Gasteiger partial charge >= 0.3 is 6.18 Å². The van der Waals surface area contributed by atoms with Crippen LogP contribution in [0.25, 0.3) is 11.4 Å². The number of benzene rings is 2. The van der Waals surface area contributed by atoms with E-state index in [2.05, 4.69) is 20.5 Å². The van der Waals surface area contributed by atoms with E-state index in [1.165, 1.54) is 31.8 Å². The molecule has 1 N–H and O–H groups in total. The Balaban J connectivity index is 1.57. The van der Waals surface area contributed by atoms with Crippen molar-refractivity contribution in [3.8, 4) is 17.1 Å². The fourth-order valence-corrected chi connectivity index (χ4v) is 2.85. The maximum absolute atomic E-state index is 13.0. The number of nitrogens with one attached hydrogen (secondary N) is 1. The Kier molecular flexibility index (Phi) is 5.15. The van der Waals surface area contributed by atoms with Crippen LogP contribution in [-0.4, -0.2) is 37.6 Å². The topological polar surface area (TPSA) is 86.9 Å². The van der Waals surface area contributed by atoms with E-state index < -0.39 is 17.6 Å². The standard InChI is InChI=1S/C20H15F3N6O2/c1-31-17-10-28(16-4-2-3-13(9-16)20(21,22)23)27-18(17)19(30)26-14-5-7-15(8-6-14)29-12-24-11-25-29/h2-12H,1H3,(H,26,30). The number of amides is 1. The number of carbonyl (C=O) groups excluding carboxylic acids is 1. The first-order valence-corrected chi connectivity index (χ1v) is 8.93. The second kappa shape index (κ2) is 7.94. The van der Waals surface area contributed by atoms with Crippen LogP contribution in [0.3, 0.4) is 0 Å². The molecular weight excluding hydrogens is 413 g/mol. The van der Waals surface area contributed by atoms with Gasteiger partial charge in [0.05, 0.1) is 30.2 Å². The molecule has 4 aromatic rings. The molecule has 0 atom stereocenters. The largest absolute Gasteiger partial charge is 0.493 e. The molecule has 0 aliphatic rings. The number of aromatic nitrogens is 5. The van der Waals surface area contributed by atoms with Crippen LogP contribution in [0.4, 0.5) is 18.9 Å². The van der Waals surface area contributed by atoms with Crippen molar-refractivity contribution in [2.45, 2.75) is 6.18 Å². The second-order valence-electron chi connectivity index (χ2n) is 6.38. The molecule has 2 aromatic heterocycles. The minimum Gasteiger partial charge on any atom is -0.493 e. The molecule has 0 saturated carbocycles. The first kappa shape index (κ1) is 20.1. The minimum absolute atomic E-state index is 0.0692. The van der Waals surface area contributed by atoms with Gasteiger partial charge in [-0.2, -0.15) is 23.4 Å². The summed E-state index contributed by atoms with van der Waals surface area (Å²) < 4.78 is 46.9. The van der Waals surface area contributed by atoms with Crippen molar-refractivity contribution in [2.24, 2.45) is 0 Å². The highest BCUT2D eigenvalue weighted by atomic mass is 19.4. The summed E-state index contributed by atoms with van der Waals surface area (Å²) in [5.74, 6) is -0.453. The van der Waals surface area contributed by atoms with Gasteiger partial charge in [0, 0.05) is 5.69 Å². The third-order valence-corrected chi connectivity index (χ3v) is 4.36. The highest BCUT2D eigenvalue weighted by molar-refractivity contribution is 6.04. The summed E-state index contributed by atoms with van der Waals surface area (Å²) in [7, 11) is 1.34. The van der Waals surface area contributed by atoms with E-state index >= 15 is 0 Å². The van der Waals surface area contributed by atoms with Crippen molar-refractivity contribution in [1.29, 1.82) is 0 Å². The summed E-state index contributed by atoms with van der Waals surface area (Å²) in [5, 5.41) is 10.8. The van der Waals surface area contributed by atoms with Crippen LogP contribution in [0.1, 0.15) is 16.1 Å². The number of alkyl halides is 3. The number of nitrogens with zero attached hydrogens (tertiary/aromatic N) is 5. The molecule has 8 nitrogen and oxygen atoms in total. The lowest BCUT2D eigenvalue weighted by Crippen LogP contribution is -2.14. The molecule has 2 aromatic carbocycles. The van der Waals surface area contributed by atoms with Crippen LogP contribution in [-0.2, 0) is 6.18 Å². The Bertz CT molecular complexity index is 1200. The maximum atomic E-state index is 13.0. The van der Waals surface area contributed by atoms with Crippen LogP contribution < -0.4 is 10.1 Å². The van der Waals surface area contributed by atoms with Crippen LogP contribution in [0.5, 0.6) is 5.75 Å². The molecule has 4 rings (SSSR count). The lowest BCUT2D eigenvalue weighted by molar-refractivity contribution is -0.137. The molecule has 0 aliphatic carbocycles. The molecule has 0 spiro atoms. The molecule has 158 valence electrons. The molecule has 0 saturated heterocycles. The van der Waals surface area contributed by atoms with E-state index in [0.29, 0.717) is 5.69 Å². The number of halogens is 3. The number of ether oxygens (including phenoxy) is 1. The van der Waals surface area contributed by atoms with Crippen molar-refractivity contribution in [1.82, 2.24) is 24.5 Å². The van der Waals surface area contributed by atoms with Crippen molar-refractivity contribution in [3.63, 3.8) is 0 Å². The number of hydrogen-bond acceptors (Lipinski definition) is 5. The van der Waals surface area contributed by atoms with E-state index in [-0.39, 0.29) is 17.1 Å². The van der Waals surface area contributed by atoms with Gasteiger partial charge in [0.1, 0.15) is 12.7 Å². The van der Waals surface area contributed by atoms with E-state index in [0.717, 1.165) is 22.5 Å². The molecule has 2 heterocycles. The van der Waals surface area contributed by atoms with Crippen LogP contribution in [0.15, 0.2) is 67.4 Å². The fraction of sp³-hybridized carbons (Fsp3) is 0.100. The highest BCUT2D eigenvalue weighted by Crippen LogP contribution is 2.31. The zero-order valence-electron chi connectivity index (χ0n) is 16.0. The summed E-state index contributed by atoms with van der Waals surface area (Å²) in [5.41, 5.74) is 0.494. The smallest absolute Gasteiger partial charge is 0.416 e. The van der Waals surface area contributed by atoms with Gasteiger partial charge in [0.15, 0.2) is 11.4 Å².